The molecule has 2 heterocycles. The van der Waals surface area contributed by atoms with E-state index in [0.717, 1.165) is 37.5 Å². The van der Waals surface area contributed by atoms with Gasteiger partial charge in [-0.15, -0.1) is 0 Å². The van der Waals surface area contributed by atoms with Crippen LogP contribution in [0.25, 0.3) is 0 Å². The van der Waals surface area contributed by atoms with Crippen LogP contribution in [-0.4, -0.2) is 34.7 Å². The summed E-state index contributed by atoms with van der Waals surface area (Å²) in [5, 5.41) is 12.8. The number of hydrogen-bond donors (Lipinski definition) is 0. The van der Waals surface area contributed by atoms with Gasteiger partial charge in [0.25, 0.3) is 0 Å². The molecule has 6 nitrogen and oxygen atoms in total. The average molecular weight is 298 g/mol. The number of hydrogen-bond acceptors (Lipinski definition) is 6. The highest BCUT2D eigenvalue weighted by molar-refractivity contribution is 5.34. The Balaban J connectivity index is 1.53. The van der Waals surface area contributed by atoms with Gasteiger partial charge in [0.15, 0.2) is 5.82 Å². The minimum Gasteiger partial charge on any atom is -0.492 e. The number of nitriles is 1. The van der Waals surface area contributed by atoms with E-state index in [4.69, 9.17) is 14.5 Å². The summed E-state index contributed by atoms with van der Waals surface area (Å²) in [6.45, 7) is 4.25. The topological polar surface area (TPSA) is 75.2 Å². The van der Waals surface area contributed by atoms with E-state index in [1.54, 1.807) is 12.1 Å². The van der Waals surface area contributed by atoms with E-state index >= 15 is 0 Å². The van der Waals surface area contributed by atoms with E-state index in [0.29, 0.717) is 18.1 Å². The van der Waals surface area contributed by atoms with E-state index in [1.807, 2.05) is 19.1 Å². The summed E-state index contributed by atoms with van der Waals surface area (Å²) in [4.78, 5) is 6.66. The summed E-state index contributed by atoms with van der Waals surface area (Å²) in [5.74, 6) is 2.16. The maximum absolute atomic E-state index is 8.77. The van der Waals surface area contributed by atoms with Gasteiger partial charge in [-0.3, -0.25) is 4.90 Å². The minimum absolute atomic E-state index is 0.224. The van der Waals surface area contributed by atoms with Crippen LogP contribution in [0.15, 0.2) is 28.8 Å². The molecule has 3 rings (SSSR count). The highest BCUT2D eigenvalue weighted by atomic mass is 16.5. The van der Waals surface area contributed by atoms with Crippen molar-refractivity contribution in [2.24, 2.45) is 0 Å². The third-order valence-electron chi connectivity index (χ3n) is 3.84. The van der Waals surface area contributed by atoms with Gasteiger partial charge in [-0.05, 0) is 43.7 Å². The van der Waals surface area contributed by atoms with Crippen molar-refractivity contribution in [2.75, 3.05) is 19.7 Å². The molecular formula is C16H18N4O2. The summed E-state index contributed by atoms with van der Waals surface area (Å²) in [6.07, 6.45) is 2.19. The maximum Gasteiger partial charge on any atom is 0.223 e. The first-order valence-corrected chi connectivity index (χ1v) is 7.43. The molecule has 114 valence electrons. The first kappa shape index (κ1) is 14.5. The Hall–Kier alpha value is -2.39. The monoisotopic (exact) mass is 298 g/mol. The van der Waals surface area contributed by atoms with Gasteiger partial charge >= 0.3 is 0 Å². The second-order valence-electron chi connectivity index (χ2n) is 5.35. The zero-order valence-electron chi connectivity index (χ0n) is 12.5. The number of nitrogens with zero attached hydrogens (tertiary/aromatic N) is 4. The number of likely N-dealkylation sites (tertiary alicyclic amines) is 1. The number of aromatic nitrogens is 2. The van der Waals surface area contributed by atoms with Crippen LogP contribution in [-0.2, 0) is 0 Å². The molecule has 0 radical (unpaired) electrons. The SMILES string of the molecule is Cc1nc([C@H]2CCCN2CCOc2ccc(C#N)cc2)no1. The van der Waals surface area contributed by atoms with Crippen molar-refractivity contribution in [1.29, 1.82) is 5.26 Å². The standard InChI is InChI=1S/C16H18N4O2/c1-12-18-16(19-22-12)15-3-2-8-20(15)9-10-21-14-6-4-13(11-17)5-7-14/h4-7,15H,2-3,8-10H2,1H3/t15-/m1/s1. The fourth-order valence-corrected chi connectivity index (χ4v) is 2.74. The Labute approximate surface area is 129 Å². The molecular weight excluding hydrogens is 280 g/mol. The molecule has 1 saturated heterocycles. The second kappa shape index (κ2) is 6.58. The smallest absolute Gasteiger partial charge is 0.223 e. The van der Waals surface area contributed by atoms with Crippen molar-refractivity contribution < 1.29 is 9.26 Å². The van der Waals surface area contributed by atoms with Gasteiger partial charge in [-0.2, -0.15) is 10.2 Å². The van der Waals surface area contributed by atoms with Gasteiger partial charge in [-0.25, -0.2) is 0 Å². The van der Waals surface area contributed by atoms with Gasteiger partial charge in [0, 0.05) is 13.5 Å². The zero-order valence-corrected chi connectivity index (χ0v) is 12.5. The molecule has 1 aliphatic heterocycles. The Morgan fingerprint density at radius 3 is 2.91 bits per heavy atom. The normalized spacial score (nSPS) is 18.3. The fourth-order valence-electron chi connectivity index (χ4n) is 2.74. The lowest BCUT2D eigenvalue weighted by Crippen LogP contribution is -2.28. The van der Waals surface area contributed by atoms with Crippen LogP contribution in [0.5, 0.6) is 5.75 Å². The maximum atomic E-state index is 8.77. The van der Waals surface area contributed by atoms with E-state index in [1.165, 1.54) is 0 Å². The molecule has 22 heavy (non-hydrogen) atoms. The van der Waals surface area contributed by atoms with Gasteiger partial charge in [0.1, 0.15) is 12.4 Å². The van der Waals surface area contributed by atoms with E-state index in [9.17, 15) is 0 Å². The minimum atomic E-state index is 0.224. The summed E-state index contributed by atoms with van der Waals surface area (Å²) in [6, 6.07) is 9.48. The lowest BCUT2D eigenvalue weighted by Gasteiger charge is -2.21. The van der Waals surface area contributed by atoms with Crippen LogP contribution >= 0.6 is 0 Å². The first-order chi connectivity index (χ1) is 10.8. The second-order valence-corrected chi connectivity index (χ2v) is 5.35. The largest absolute Gasteiger partial charge is 0.492 e. The Morgan fingerprint density at radius 2 is 2.23 bits per heavy atom. The summed E-state index contributed by atoms with van der Waals surface area (Å²) in [5.41, 5.74) is 0.638. The highest BCUT2D eigenvalue weighted by Crippen LogP contribution is 2.29. The van der Waals surface area contributed by atoms with Crippen LogP contribution in [0.4, 0.5) is 0 Å². The van der Waals surface area contributed by atoms with E-state index in [2.05, 4.69) is 21.1 Å². The van der Waals surface area contributed by atoms with Gasteiger partial charge in [0.2, 0.25) is 5.89 Å². The van der Waals surface area contributed by atoms with Gasteiger partial charge in [-0.1, -0.05) is 5.16 Å². The molecule has 0 bridgehead atoms. The Morgan fingerprint density at radius 1 is 1.41 bits per heavy atom. The third kappa shape index (κ3) is 3.26. The molecule has 1 aliphatic rings. The van der Waals surface area contributed by atoms with Crippen molar-refractivity contribution in [2.45, 2.75) is 25.8 Å². The first-order valence-electron chi connectivity index (χ1n) is 7.43. The van der Waals surface area contributed by atoms with Crippen LogP contribution < -0.4 is 4.74 Å². The van der Waals surface area contributed by atoms with Crippen molar-refractivity contribution >= 4 is 0 Å². The van der Waals surface area contributed by atoms with Crippen LogP contribution in [0.2, 0.25) is 0 Å². The Kier molecular flexibility index (Phi) is 4.35. The summed E-state index contributed by atoms with van der Waals surface area (Å²) in [7, 11) is 0. The van der Waals surface area contributed by atoms with E-state index < -0.39 is 0 Å². The fraction of sp³-hybridized carbons (Fsp3) is 0.438. The van der Waals surface area contributed by atoms with Crippen LogP contribution in [0, 0.1) is 18.3 Å². The van der Waals surface area contributed by atoms with Crippen molar-refractivity contribution in [1.82, 2.24) is 15.0 Å². The number of rotatable bonds is 5. The van der Waals surface area contributed by atoms with Gasteiger partial charge < -0.3 is 9.26 Å². The summed E-state index contributed by atoms with van der Waals surface area (Å²) >= 11 is 0. The van der Waals surface area contributed by atoms with Gasteiger partial charge in [0.05, 0.1) is 17.7 Å². The molecule has 0 amide bonds. The van der Waals surface area contributed by atoms with Crippen molar-refractivity contribution in [3.8, 4) is 11.8 Å². The number of ether oxygens (including phenoxy) is 1. The molecule has 1 aromatic heterocycles. The molecule has 0 N–H and O–H groups in total. The molecule has 6 heteroatoms. The predicted molar refractivity (Wildman–Crippen MR) is 79.2 cm³/mol. The predicted octanol–water partition coefficient (Wildman–Crippen LogP) is 2.47. The molecule has 0 unspecified atom stereocenters. The molecule has 0 saturated carbocycles. The molecule has 0 aliphatic carbocycles. The number of benzene rings is 1. The van der Waals surface area contributed by atoms with Crippen molar-refractivity contribution in [3.63, 3.8) is 0 Å². The molecule has 1 fully saturated rings. The molecule has 1 atom stereocenters. The third-order valence-corrected chi connectivity index (χ3v) is 3.84. The quantitative estimate of drug-likeness (QED) is 0.844. The lowest BCUT2D eigenvalue weighted by molar-refractivity contribution is 0.190. The molecule has 2 aromatic rings. The van der Waals surface area contributed by atoms with Crippen LogP contribution in [0.1, 0.15) is 36.2 Å². The average Bonchev–Trinajstić information content (AvgIpc) is 3.16. The molecule has 1 aromatic carbocycles. The highest BCUT2D eigenvalue weighted by Gasteiger charge is 2.29. The number of aryl methyl sites for hydroxylation is 1. The van der Waals surface area contributed by atoms with Crippen LogP contribution in [0.3, 0.4) is 0 Å². The van der Waals surface area contributed by atoms with E-state index in [-0.39, 0.29) is 6.04 Å². The molecule has 0 spiro atoms. The zero-order chi connectivity index (χ0) is 15.4. The summed E-state index contributed by atoms with van der Waals surface area (Å²) < 4.78 is 10.8. The van der Waals surface area contributed by atoms with Crippen molar-refractivity contribution in [3.05, 3.63) is 41.5 Å². The Bertz CT molecular complexity index is 660. The lowest BCUT2D eigenvalue weighted by atomic mass is 10.2.